The first-order chi connectivity index (χ1) is 8.49. The lowest BCUT2D eigenvalue weighted by Gasteiger charge is -2.10. The molecular formula is C11H10F2N4S. The molecule has 1 aromatic carbocycles. The Morgan fingerprint density at radius 2 is 2.00 bits per heavy atom. The number of aryl methyl sites for hydroxylation is 1. The zero-order valence-electron chi connectivity index (χ0n) is 9.45. The number of nitrogens with zero attached hydrogens (tertiary/aromatic N) is 2. The van der Waals surface area contributed by atoms with Crippen LogP contribution in [0.2, 0.25) is 0 Å². The van der Waals surface area contributed by atoms with E-state index in [0.717, 1.165) is 12.1 Å². The molecule has 0 bridgehead atoms. The zero-order chi connectivity index (χ0) is 13.3. The maximum atomic E-state index is 13.7. The fourth-order valence-electron chi connectivity index (χ4n) is 1.46. The van der Waals surface area contributed by atoms with Gasteiger partial charge >= 0.3 is 0 Å². The van der Waals surface area contributed by atoms with Gasteiger partial charge in [-0.1, -0.05) is 12.2 Å². The summed E-state index contributed by atoms with van der Waals surface area (Å²) in [5, 5.41) is 6.51. The number of nitrogens with two attached hydrogens (primary N) is 1. The standard InChI is InChI=1S/C11H10F2N4S/c1-17-9(2-3-15-17)16-10-7(12)4-6(11(14)18)5-8(10)13/h2-5,16H,1H3,(H2,14,18). The molecule has 3 N–H and O–H groups in total. The molecule has 0 saturated heterocycles. The number of aromatic nitrogens is 2. The Balaban J connectivity index is 2.40. The first kappa shape index (κ1) is 12.4. The highest BCUT2D eigenvalue weighted by Gasteiger charge is 2.13. The monoisotopic (exact) mass is 268 g/mol. The van der Waals surface area contributed by atoms with Crippen molar-refractivity contribution in [2.24, 2.45) is 12.8 Å². The number of rotatable bonds is 3. The largest absolute Gasteiger partial charge is 0.389 e. The van der Waals surface area contributed by atoms with Gasteiger partial charge in [-0.25, -0.2) is 8.78 Å². The number of halogens is 2. The van der Waals surface area contributed by atoms with E-state index in [2.05, 4.69) is 22.6 Å². The smallest absolute Gasteiger partial charge is 0.150 e. The first-order valence-corrected chi connectivity index (χ1v) is 5.43. The van der Waals surface area contributed by atoms with Crippen LogP contribution in [-0.4, -0.2) is 14.8 Å². The minimum Gasteiger partial charge on any atom is -0.389 e. The first-order valence-electron chi connectivity index (χ1n) is 5.03. The van der Waals surface area contributed by atoms with Gasteiger partial charge in [0.1, 0.15) is 28.1 Å². The normalized spacial score (nSPS) is 10.4. The summed E-state index contributed by atoms with van der Waals surface area (Å²) in [7, 11) is 1.65. The van der Waals surface area contributed by atoms with Crippen molar-refractivity contribution in [3.63, 3.8) is 0 Å². The van der Waals surface area contributed by atoms with E-state index >= 15 is 0 Å². The summed E-state index contributed by atoms with van der Waals surface area (Å²) in [6.45, 7) is 0. The highest BCUT2D eigenvalue weighted by atomic mass is 32.1. The minimum absolute atomic E-state index is 0.0557. The molecule has 0 unspecified atom stereocenters. The summed E-state index contributed by atoms with van der Waals surface area (Å²) in [6.07, 6.45) is 1.52. The maximum absolute atomic E-state index is 13.7. The molecule has 0 spiro atoms. The Morgan fingerprint density at radius 3 is 2.44 bits per heavy atom. The molecule has 1 aromatic heterocycles. The third-order valence-corrected chi connectivity index (χ3v) is 2.64. The lowest BCUT2D eigenvalue weighted by atomic mass is 10.2. The van der Waals surface area contributed by atoms with Gasteiger partial charge < -0.3 is 11.1 Å². The summed E-state index contributed by atoms with van der Waals surface area (Å²) < 4.78 is 29.0. The molecule has 0 radical (unpaired) electrons. The highest BCUT2D eigenvalue weighted by Crippen LogP contribution is 2.24. The van der Waals surface area contributed by atoms with Crippen LogP contribution < -0.4 is 11.1 Å². The zero-order valence-corrected chi connectivity index (χ0v) is 10.3. The molecule has 94 valence electrons. The van der Waals surface area contributed by atoms with E-state index in [-0.39, 0.29) is 16.2 Å². The van der Waals surface area contributed by atoms with E-state index in [1.807, 2.05) is 0 Å². The molecule has 0 aliphatic carbocycles. The molecule has 18 heavy (non-hydrogen) atoms. The minimum atomic E-state index is -0.765. The van der Waals surface area contributed by atoms with E-state index in [0.29, 0.717) is 5.82 Å². The van der Waals surface area contributed by atoms with Gasteiger partial charge in [-0.3, -0.25) is 4.68 Å². The van der Waals surface area contributed by atoms with Crippen LogP contribution in [0.1, 0.15) is 5.56 Å². The van der Waals surface area contributed by atoms with E-state index in [1.54, 1.807) is 13.1 Å². The summed E-state index contributed by atoms with van der Waals surface area (Å²) in [6, 6.07) is 3.77. The molecule has 0 amide bonds. The van der Waals surface area contributed by atoms with Crippen LogP contribution in [0.5, 0.6) is 0 Å². The molecule has 2 aromatic rings. The average molecular weight is 268 g/mol. The Bertz CT molecular complexity index is 586. The molecular weight excluding hydrogens is 258 g/mol. The van der Waals surface area contributed by atoms with E-state index in [9.17, 15) is 8.78 Å². The topological polar surface area (TPSA) is 55.9 Å². The SMILES string of the molecule is Cn1nccc1Nc1c(F)cc(C(N)=S)cc1F. The van der Waals surface area contributed by atoms with Gasteiger partial charge in [-0.2, -0.15) is 5.10 Å². The summed E-state index contributed by atoms with van der Waals surface area (Å²) in [5.74, 6) is -1.06. The molecule has 0 aliphatic heterocycles. The van der Waals surface area contributed by atoms with E-state index in [1.165, 1.54) is 10.9 Å². The number of anilines is 2. The van der Waals surface area contributed by atoms with Crippen LogP contribution in [0.25, 0.3) is 0 Å². The molecule has 0 aliphatic rings. The van der Waals surface area contributed by atoms with Crippen molar-refractivity contribution < 1.29 is 8.78 Å². The number of benzene rings is 1. The summed E-state index contributed by atoms with van der Waals surface area (Å²) in [4.78, 5) is -0.0557. The van der Waals surface area contributed by atoms with Crippen molar-refractivity contribution in [1.82, 2.24) is 9.78 Å². The number of hydrogen-bond donors (Lipinski definition) is 2. The maximum Gasteiger partial charge on any atom is 0.150 e. The number of nitrogens with one attached hydrogen (secondary N) is 1. The van der Waals surface area contributed by atoms with Crippen molar-refractivity contribution in [3.05, 3.63) is 41.6 Å². The van der Waals surface area contributed by atoms with Crippen LogP contribution in [0, 0.1) is 11.6 Å². The average Bonchev–Trinajstić information content (AvgIpc) is 2.69. The highest BCUT2D eigenvalue weighted by molar-refractivity contribution is 7.80. The van der Waals surface area contributed by atoms with Gasteiger partial charge in [0.05, 0.1) is 6.20 Å². The molecule has 0 atom stereocenters. The van der Waals surface area contributed by atoms with Gasteiger partial charge in [-0.05, 0) is 12.1 Å². The third-order valence-electron chi connectivity index (χ3n) is 2.40. The predicted octanol–water partition coefficient (Wildman–Crippen LogP) is 2.08. The van der Waals surface area contributed by atoms with Crippen molar-refractivity contribution in [3.8, 4) is 0 Å². The fourth-order valence-corrected chi connectivity index (χ4v) is 1.58. The van der Waals surface area contributed by atoms with Crippen LogP contribution in [-0.2, 0) is 7.05 Å². The van der Waals surface area contributed by atoms with E-state index < -0.39 is 11.6 Å². The summed E-state index contributed by atoms with van der Waals surface area (Å²) in [5.41, 5.74) is 5.21. The van der Waals surface area contributed by atoms with Gasteiger partial charge in [0.2, 0.25) is 0 Å². The van der Waals surface area contributed by atoms with Crippen molar-refractivity contribution in [1.29, 1.82) is 0 Å². The van der Waals surface area contributed by atoms with Crippen LogP contribution in [0.3, 0.4) is 0 Å². The molecule has 0 fully saturated rings. The van der Waals surface area contributed by atoms with Crippen LogP contribution in [0.4, 0.5) is 20.3 Å². The Hall–Kier alpha value is -2.02. The molecule has 0 saturated carbocycles. The van der Waals surface area contributed by atoms with Crippen molar-refractivity contribution >= 4 is 28.7 Å². The van der Waals surface area contributed by atoms with Gasteiger partial charge in [0.25, 0.3) is 0 Å². The summed E-state index contributed by atoms with van der Waals surface area (Å²) >= 11 is 4.67. The molecule has 1 heterocycles. The van der Waals surface area contributed by atoms with Gasteiger partial charge in [0.15, 0.2) is 0 Å². The third kappa shape index (κ3) is 2.30. The molecule has 2 rings (SSSR count). The second kappa shape index (κ2) is 4.69. The molecule has 4 nitrogen and oxygen atoms in total. The van der Waals surface area contributed by atoms with Crippen LogP contribution in [0.15, 0.2) is 24.4 Å². The molecule has 7 heteroatoms. The predicted molar refractivity (Wildman–Crippen MR) is 68.7 cm³/mol. The van der Waals surface area contributed by atoms with Crippen molar-refractivity contribution in [2.45, 2.75) is 0 Å². The fraction of sp³-hybridized carbons (Fsp3) is 0.0909. The number of hydrogen-bond acceptors (Lipinski definition) is 3. The second-order valence-corrected chi connectivity index (χ2v) is 4.08. The van der Waals surface area contributed by atoms with Crippen molar-refractivity contribution in [2.75, 3.05) is 5.32 Å². The van der Waals surface area contributed by atoms with Crippen LogP contribution >= 0.6 is 12.2 Å². The van der Waals surface area contributed by atoms with Gasteiger partial charge in [-0.15, -0.1) is 0 Å². The van der Waals surface area contributed by atoms with Gasteiger partial charge in [0, 0.05) is 18.7 Å². The Kier molecular flexibility index (Phi) is 3.24. The lowest BCUT2D eigenvalue weighted by molar-refractivity contribution is 0.589. The second-order valence-electron chi connectivity index (χ2n) is 3.64. The Labute approximate surface area is 107 Å². The number of thiocarbonyl (C=S) groups is 1. The van der Waals surface area contributed by atoms with E-state index in [4.69, 9.17) is 5.73 Å². The Morgan fingerprint density at radius 1 is 1.39 bits per heavy atom. The quantitative estimate of drug-likeness (QED) is 0.837. The lowest BCUT2D eigenvalue weighted by Crippen LogP contribution is -2.11.